The Labute approximate surface area is 117 Å². The Balaban J connectivity index is 2.08. The van der Waals surface area contributed by atoms with Crippen molar-refractivity contribution < 1.29 is 17.9 Å². The van der Waals surface area contributed by atoms with Crippen LogP contribution in [0.15, 0.2) is 24.3 Å². The number of rotatable bonds is 4. The number of nitrogens with one attached hydrogen (secondary N) is 1. The van der Waals surface area contributed by atoms with Gasteiger partial charge in [-0.25, -0.2) is 0 Å². The standard InChI is InChI=1S/C15H20F3NO/c1-20-10-11-5-4-6-12(9-11)19-14-8-3-2-7-13(14)15(16,17)18/h4-6,9,13-14,19H,2-3,7-8,10H2,1H3. The van der Waals surface area contributed by atoms with Crippen LogP contribution in [0.25, 0.3) is 0 Å². The van der Waals surface area contributed by atoms with Gasteiger partial charge in [-0.2, -0.15) is 13.2 Å². The van der Waals surface area contributed by atoms with Crippen molar-refractivity contribution in [1.82, 2.24) is 0 Å². The molecule has 0 heterocycles. The second-order valence-electron chi connectivity index (χ2n) is 5.32. The highest BCUT2D eigenvalue weighted by atomic mass is 19.4. The Bertz CT molecular complexity index is 433. The van der Waals surface area contributed by atoms with Crippen LogP contribution in [0.1, 0.15) is 31.2 Å². The first-order valence-corrected chi connectivity index (χ1v) is 6.92. The van der Waals surface area contributed by atoms with Gasteiger partial charge >= 0.3 is 6.18 Å². The van der Waals surface area contributed by atoms with Gasteiger partial charge < -0.3 is 10.1 Å². The fraction of sp³-hybridized carbons (Fsp3) is 0.600. The molecule has 0 aromatic heterocycles. The Kier molecular flexibility index (Phi) is 4.91. The molecule has 1 aliphatic carbocycles. The molecule has 5 heteroatoms. The second-order valence-corrected chi connectivity index (χ2v) is 5.32. The van der Waals surface area contributed by atoms with Gasteiger partial charge in [0.1, 0.15) is 0 Å². The molecule has 1 N–H and O–H groups in total. The van der Waals surface area contributed by atoms with E-state index in [1.807, 2.05) is 18.2 Å². The lowest BCUT2D eigenvalue weighted by atomic mass is 9.84. The normalized spacial score (nSPS) is 23.6. The third kappa shape index (κ3) is 3.88. The molecule has 1 saturated carbocycles. The largest absolute Gasteiger partial charge is 0.393 e. The summed E-state index contributed by atoms with van der Waals surface area (Å²) >= 11 is 0. The minimum absolute atomic E-state index is 0.221. The van der Waals surface area contributed by atoms with E-state index in [0.717, 1.165) is 17.7 Å². The number of halogens is 3. The molecule has 0 bridgehead atoms. The van der Waals surface area contributed by atoms with Crippen molar-refractivity contribution in [2.75, 3.05) is 12.4 Å². The van der Waals surface area contributed by atoms with Crippen molar-refractivity contribution in [3.8, 4) is 0 Å². The molecule has 1 fully saturated rings. The predicted molar refractivity (Wildman–Crippen MR) is 72.6 cm³/mol. The minimum atomic E-state index is -4.12. The highest BCUT2D eigenvalue weighted by molar-refractivity contribution is 5.46. The molecule has 20 heavy (non-hydrogen) atoms. The van der Waals surface area contributed by atoms with E-state index in [1.165, 1.54) is 0 Å². The highest BCUT2D eigenvalue weighted by Crippen LogP contribution is 2.39. The van der Waals surface area contributed by atoms with Crippen LogP contribution in [0.3, 0.4) is 0 Å². The molecule has 0 amide bonds. The maximum Gasteiger partial charge on any atom is 0.393 e. The van der Waals surface area contributed by atoms with Crippen molar-refractivity contribution in [2.24, 2.45) is 5.92 Å². The number of methoxy groups -OCH3 is 1. The summed E-state index contributed by atoms with van der Waals surface area (Å²) in [7, 11) is 1.60. The number of benzene rings is 1. The fourth-order valence-corrected chi connectivity index (χ4v) is 2.83. The van der Waals surface area contributed by atoms with Crippen LogP contribution < -0.4 is 5.32 Å². The number of anilines is 1. The van der Waals surface area contributed by atoms with Crippen LogP contribution in [-0.2, 0) is 11.3 Å². The first-order valence-electron chi connectivity index (χ1n) is 6.92. The minimum Gasteiger partial charge on any atom is -0.382 e. The molecule has 0 spiro atoms. The van der Waals surface area contributed by atoms with Gasteiger partial charge in [0.25, 0.3) is 0 Å². The average molecular weight is 287 g/mol. The average Bonchev–Trinajstić information content (AvgIpc) is 2.39. The zero-order valence-electron chi connectivity index (χ0n) is 11.5. The lowest BCUT2D eigenvalue weighted by molar-refractivity contribution is -0.184. The van der Waals surface area contributed by atoms with E-state index in [-0.39, 0.29) is 6.42 Å². The third-order valence-electron chi connectivity index (χ3n) is 3.78. The monoisotopic (exact) mass is 287 g/mol. The molecule has 1 aromatic rings. The van der Waals surface area contributed by atoms with Crippen molar-refractivity contribution in [2.45, 2.75) is 44.5 Å². The van der Waals surface area contributed by atoms with Gasteiger partial charge in [-0.05, 0) is 30.5 Å². The van der Waals surface area contributed by atoms with E-state index in [1.54, 1.807) is 13.2 Å². The fourth-order valence-electron chi connectivity index (χ4n) is 2.83. The number of ether oxygens (including phenoxy) is 1. The Morgan fingerprint density at radius 1 is 1.25 bits per heavy atom. The van der Waals surface area contributed by atoms with E-state index in [2.05, 4.69) is 5.32 Å². The van der Waals surface area contributed by atoms with E-state index in [4.69, 9.17) is 4.74 Å². The van der Waals surface area contributed by atoms with Crippen LogP contribution >= 0.6 is 0 Å². The van der Waals surface area contributed by atoms with Crippen LogP contribution in [0.4, 0.5) is 18.9 Å². The second kappa shape index (κ2) is 6.48. The molecular weight excluding hydrogens is 267 g/mol. The van der Waals surface area contributed by atoms with Gasteiger partial charge in [-0.15, -0.1) is 0 Å². The lowest BCUT2D eigenvalue weighted by Gasteiger charge is -2.34. The summed E-state index contributed by atoms with van der Waals surface area (Å²) in [5.74, 6) is -1.25. The van der Waals surface area contributed by atoms with Gasteiger partial charge in [0.05, 0.1) is 12.5 Å². The van der Waals surface area contributed by atoms with Crippen LogP contribution in [0.5, 0.6) is 0 Å². The maximum atomic E-state index is 13.0. The van der Waals surface area contributed by atoms with E-state index < -0.39 is 18.1 Å². The van der Waals surface area contributed by atoms with E-state index >= 15 is 0 Å². The molecule has 2 unspecified atom stereocenters. The zero-order chi connectivity index (χ0) is 14.6. The van der Waals surface area contributed by atoms with Gasteiger partial charge in [0.15, 0.2) is 0 Å². The van der Waals surface area contributed by atoms with Gasteiger partial charge in [-0.3, -0.25) is 0 Å². The lowest BCUT2D eigenvalue weighted by Crippen LogP contribution is -2.41. The Morgan fingerprint density at radius 2 is 2.00 bits per heavy atom. The zero-order valence-corrected chi connectivity index (χ0v) is 11.5. The van der Waals surface area contributed by atoms with Crippen molar-refractivity contribution in [3.05, 3.63) is 29.8 Å². The number of hydrogen-bond donors (Lipinski definition) is 1. The van der Waals surface area contributed by atoms with Crippen LogP contribution in [0, 0.1) is 5.92 Å². The van der Waals surface area contributed by atoms with Crippen molar-refractivity contribution in [3.63, 3.8) is 0 Å². The van der Waals surface area contributed by atoms with E-state index in [0.29, 0.717) is 19.4 Å². The molecule has 0 radical (unpaired) electrons. The summed E-state index contributed by atoms with van der Waals surface area (Å²) in [6.07, 6.45) is -1.83. The van der Waals surface area contributed by atoms with E-state index in [9.17, 15) is 13.2 Å². The number of hydrogen-bond acceptors (Lipinski definition) is 2. The quantitative estimate of drug-likeness (QED) is 0.888. The topological polar surface area (TPSA) is 21.3 Å². The summed E-state index contributed by atoms with van der Waals surface area (Å²) < 4.78 is 44.1. The molecule has 2 nitrogen and oxygen atoms in total. The van der Waals surface area contributed by atoms with Gasteiger partial charge in [-0.1, -0.05) is 25.0 Å². The molecule has 0 saturated heterocycles. The van der Waals surface area contributed by atoms with Crippen LogP contribution in [0.2, 0.25) is 0 Å². The molecular formula is C15H20F3NO. The summed E-state index contributed by atoms with van der Waals surface area (Å²) in [4.78, 5) is 0. The first-order chi connectivity index (χ1) is 9.50. The molecule has 0 aliphatic heterocycles. The summed E-state index contributed by atoms with van der Waals surface area (Å²) in [6, 6.07) is 6.87. The predicted octanol–water partition coefficient (Wildman–Crippen LogP) is 4.37. The van der Waals surface area contributed by atoms with Crippen molar-refractivity contribution >= 4 is 5.69 Å². The van der Waals surface area contributed by atoms with Gasteiger partial charge in [0.2, 0.25) is 0 Å². The smallest absolute Gasteiger partial charge is 0.382 e. The molecule has 1 aromatic carbocycles. The summed E-state index contributed by atoms with van der Waals surface area (Å²) in [5.41, 5.74) is 1.69. The molecule has 1 aliphatic rings. The third-order valence-corrected chi connectivity index (χ3v) is 3.78. The van der Waals surface area contributed by atoms with Gasteiger partial charge in [0, 0.05) is 18.8 Å². The first kappa shape index (κ1) is 15.2. The highest BCUT2D eigenvalue weighted by Gasteiger charge is 2.45. The maximum absolute atomic E-state index is 13.0. The van der Waals surface area contributed by atoms with Crippen molar-refractivity contribution in [1.29, 1.82) is 0 Å². The molecule has 112 valence electrons. The summed E-state index contributed by atoms with van der Waals surface area (Å²) in [6.45, 7) is 0.461. The summed E-state index contributed by atoms with van der Waals surface area (Å²) in [5, 5.41) is 3.06. The molecule has 2 rings (SSSR count). The van der Waals surface area contributed by atoms with Crippen LogP contribution in [-0.4, -0.2) is 19.3 Å². The SMILES string of the molecule is COCc1cccc(NC2CCCCC2C(F)(F)F)c1. The Hall–Kier alpha value is -1.23. The Morgan fingerprint density at radius 3 is 2.70 bits per heavy atom. The molecule has 2 atom stereocenters. The number of alkyl halides is 3.